The Morgan fingerprint density at radius 3 is 2.42 bits per heavy atom. The number of nitrogens with zero attached hydrogens (tertiary/aromatic N) is 1. The minimum Gasteiger partial charge on any atom is -0.483 e. The summed E-state index contributed by atoms with van der Waals surface area (Å²) >= 11 is 0. The summed E-state index contributed by atoms with van der Waals surface area (Å²) in [6.45, 7) is 11.5. The number of allylic oxidation sites excluding steroid dienone is 4. The first kappa shape index (κ1) is 26.8. The van der Waals surface area contributed by atoms with Gasteiger partial charge in [-0.2, -0.15) is 5.26 Å². The lowest BCUT2D eigenvalue weighted by Gasteiger charge is -2.64. The van der Waals surface area contributed by atoms with Gasteiger partial charge in [-0.25, -0.2) is 0 Å². The minimum absolute atomic E-state index is 0.0127. The Bertz CT molecular complexity index is 1050. The van der Waals surface area contributed by atoms with Crippen LogP contribution in [-0.2, 0) is 14.4 Å². The molecule has 36 heavy (non-hydrogen) atoms. The standard InChI is InChI=1S/C30H41NO2.CH2O2/c1-6-9-30-11-8-21-26(22(30)17-27(2,3)12-13-30)24(33)15-25-28(21,4)10-7-20-14-23(32)19(18-31)16-29(20,25)5;2-1-3/h15-16,20-22,26H,6-14,17H2,1-5H3;1H,(H,2,3). The van der Waals surface area contributed by atoms with E-state index in [9.17, 15) is 14.9 Å². The molecule has 0 aromatic heterocycles. The molecule has 0 heterocycles. The van der Waals surface area contributed by atoms with Crippen molar-refractivity contribution in [2.75, 3.05) is 0 Å². The highest BCUT2D eigenvalue weighted by molar-refractivity contribution is 6.01. The first-order valence-electron chi connectivity index (χ1n) is 13.9. The Labute approximate surface area is 216 Å². The van der Waals surface area contributed by atoms with Crippen LogP contribution in [0.25, 0.3) is 0 Å². The summed E-state index contributed by atoms with van der Waals surface area (Å²) in [5, 5.41) is 16.5. The summed E-state index contributed by atoms with van der Waals surface area (Å²) < 4.78 is 0. The average Bonchev–Trinajstić information content (AvgIpc) is 2.81. The second-order valence-electron chi connectivity index (χ2n) is 13.6. The molecule has 5 rings (SSSR count). The van der Waals surface area contributed by atoms with Gasteiger partial charge in [-0.3, -0.25) is 14.4 Å². The van der Waals surface area contributed by atoms with Gasteiger partial charge in [0.2, 0.25) is 0 Å². The number of carboxylic acid groups (broad SMARTS) is 1. The molecule has 0 spiro atoms. The molecule has 196 valence electrons. The van der Waals surface area contributed by atoms with Crippen LogP contribution >= 0.6 is 0 Å². The average molecular weight is 494 g/mol. The molecule has 0 amide bonds. The predicted molar refractivity (Wildman–Crippen MR) is 139 cm³/mol. The van der Waals surface area contributed by atoms with Crippen molar-refractivity contribution in [2.24, 2.45) is 45.3 Å². The van der Waals surface area contributed by atoms with Crippen molar-refractivity contribution in [2.45, 2.75) is 98.8 Å². The van der Waals surface area contributed by atoms with Gasteiger partial charge in [-0.15, -0.1) is 0 Å². The topological polar surface area (TPSA) is 95.2 Å². The van der Waals surface area contributed by atoms with Gasteiger partial charge in [0.25, 0.3) is 6.47 Å². The van der Waals surface area contributed by atoms with Crippen LogP contribution in [0.3, 0.4) is 0 Å². The van der Waals surface area contributed by atoms with E-state index in [1.54, 1.807) is 0 Å². The van der Waals surface area contributed by atoms with Crippen molar-refractivity contribution in [3.05, 3.63) is 23.3 Å². The van der Waals surface area contributed by atoms with Crippen LogP contribution in [0.5, 0.6) is 0 Å². The third-order valence-electron chi connectivity index (χ3n) is 11.2. The number of nitriles is 1. The van der Waals surface area contributed by atoms with E-state index < -0.39 is 0 Å². The Morgan fingerprint density at radius 1 is 1.08 bits per heavy atom. The van der Waals surface area contributed by atoms with Gasteiger partial charge in [0.1, 0.15) is 6.07 Å². The second kappa shape index (κ2) is 9.26. The molecular weight excluding hydrogens is 450 g/mol. The number of hydrogen-bond donors (Lipinski definition) is 1. The van der Waals surface area contributed by atoms with Crippen LogP contribution in [0.1, 0.15) is 98.8 Å². The van der Waals surface area contributed by atoms with E-state index in [-0.39, 0.29) is 34.9 Å². The van der Waals surface area contributed by atoms with E-state index in [2.05, 4.69) is 40.7 Å². The zero-order valence-electron chi connectivity index (χ0n) is 22.7. The first-order chi connectivity index (χ1) is 16.9. The molecule has 5 aliphatic carbocycles. The molecule has 3 saturated carbocycles. The van der Waals surface area contributed by atoms with Crippen LogP contribution in [0.4, 0.5) is 0 Å². The molecule has 1 N–H and O–H groups in total. The summed E-state index contributed by atoms with van der Waals surface area (Å²) in [4.78, 5) is 34.9. The maximum absolute atomic E-state index is 14.0. The van der Waals surface area contributed by atoms with Crippen LogP contribution in [-0.4, -0.2) is 23.1 Å². The molecule has 0 aromatic rings. The first-order valence-corrected chi connectivity index (χ1v) is 13.9. The fourth-order valence-electron chi connectivity index (χ4n) is 9.46. The smallest absolute Gasteiger partial charge is 0.290 e. The number of hydrogen-bond acceptors (Lipinski definition) is 4. The number of fused-ring (bicyclic) bond motifs is 7. The monoisotopic (exact) mass is 493 g/mol. The molecule has 7 atom stereocenters. The van der Waals surface area contributed by atoms with Crippen molar-refractivity contribution < 1.29 is 19.5 Å². The summed E-state index contributed by atoms with van der Waals surface area (Å²) in [5.41, 5.74) is 1.82. The quantitative estimate of drug-likeness (QED) is 0.433. The van der Waals surface area contributed by atoms with Crippen molar-refractivity contribution in [3.63, 3.8) is 0 Å². The highest BCUT2D eigenvalue weighted by Gasteiger charge is 2.63. The molecule has 5 nitrogen and oxygen atoms in total. The second-order valence-corrected chi connectivity index (χ2v) is 13.6. The van der Waals surface area contributed by atoms with Crippen LogP contribution < -0.4 is 0 Å². The molecule has 0 aliphatic heterocycles. The number of rotatable bonds is 2. The molecule has 7 unspecified atom stereocenters. The van der Waals surface area contributed by atoms with Crippen molar-refractivity contribution in [3.8, 4) is 6.07 Å². The number of carbonyl (C=O) groups is 3. The van der Waals surface area contributed by atoms with Gasteiger partial charge in [-0.05, 0) is 91.4 Å². The Balaban J connectivity index is 0.000000967. The lowest BCUT2D eigenvalue weighted by atomic mass is 9.39. The predicted octanol–water partition coefficient (Wildman–Crippen LogP) is 6.68. The fourth-order valence-corrected chi connectivity index (χ4v) is 9.46. The van der Waals surface area contributed by atoms with Gasteiger partial charge in [0, 0.05) is 17.8 Å². The molecule has 0 aromatic carbocycles. The molecule has 3 fully saturated rings. The Kier molecular flexibility index (Phi) is 6.90. The number of ketones is 2. The summed E-state index contributed by atoms with van der Waals surface area (Å²) in [6, 6.07) is 2.15. The fraction of sp³-hybridized carbons (Fsp3) is 0.742. The summed E-state index contributed by atoms with van der Waals surface area (Å²) in [7, 11) is 0. The van der Waals surface area contributed by atoms with Crippen LogP contribution in [0, 0.1) is 56.7 Å². The largest absolute Gasteiger partial charge is 0.483 e. The summed E-state index contributed by atoms with van der Waals surface area (Å²) in [5.74, 6) is 1.57. The van der Waals surface area contributed by atoms with E-state index in [4.69, 9.17) is 9.90 Å². The minimum atomic E-state index is -0.351. The van der Waals surface area contributed by atoms with E-state index in [0.29, 0.717) is 40.4 Å². The normalized spacial score (nSPS) is 42.6. The Hall–Kier alpha value is -2.22. The number of carbonyl (C=O) groups excluding carboxylic acids is 2. The highest BCUT2D eigenvalue weighted by Crippen LogP contribution is 2.69. The lowest BCUT2D eigenvalue weighted by molar-refractivity contribution is -0.146. The molecule has 0 bridgehead atoms. The van der Waals surface area contributed by atoms with Gasteiger partial charge in [0.15, 0.2) is 11.6 Å². The molecule has 0 radical (unpaired) electrons. The van der Waals surface area contributed by atoms with Crippen LogP contribution in [0.15, 0.2) is 23.3 Å². The zero-order chi connectivity index (χ0) is 26.5. The third-order valence-corrected chi connectivity index (χ3v) is 11.2. The maximum Gasteiger partial charge on any atom is 0.290 e. The summed E-state index contributed by atoms with van der Waals surface area (Å²) in [6.07, 6.45) is 15.1. The number of Topliss-reactive ketones (excluding diaryl/α,β-unsaturated/α-hetero) is 1. The highest BCUT2D eigenvalue weighted by atomic mass is 16.3. The third kappa shape index (κ3) is 4.00. The van der Waals surface area contributed by atoms with Crippen molar-refractivity contribution in [1.29, 1.82) is 5.26 Å². The maximum atomic E-state index is 14.0. The SMILES string of the molecule is CCCC12CCC3C(C(=O)C=C4C5(C)C=C(C#N)C(=O)CC5CCC43C)C1CC(C)(C)CC2.O=CO. The van der Waals surface area contributed by atoms with Crippen molar-refractivity contribution >= 4 is 18.0 Å². The van der Waals surface area contributed by atoms with E-state index in [1.165, 1.54) is 44.1 Å². The van der Waals surface area contributed by atoms with Gasteiger partial charge >= 0.3 is 0 Å². The van der Waals surface area contributed by atoms with E-state index >= 15 is 0 Å². The van der Waals surface area contributed by atoms with Gasteiger partial charge in [0.05, 0.1) is 5.57 Å². The van der Waals surface area contributed by atoms with Gasteiger partial charge < -0.3 is 5.11 Å². The lowest BCUT2D eigenvalue weighted by Crippen LogP contribution is -2.59. The van der Waals surface area contributed by atoms with Gasteiger partial charge in [-0.1, -0.05) is 52.7 Å². The zero-order valence-corrected chi connectivity index (χ0v) is 22.7. The van der Waals surface area contributed by atoms with Crippen LogP contribution in [0.2, 0.25) is 0 Å². The molecular formula is C31H43NO4. The van der Waals surface area contributed by atoms with Crippen molar-refractivity contribution in [1.82, 2.24) is 0 Å². The van der Waals surface area contributed by atoms with E-state index in [0.717, 1.165) is 19.3 Å². The molecule has 0 saturated heterocycles. The molecule has 5 aliphatic rings. The van der Waals surface area contributed by atoms with E-state index in [1.807, 2.05) is 12.2 Å². The molecule has 5 heteroatoms. The Morgan fingerprint density at radius 2 is 1.78 bits per heavy atom.